The number of ether oxygens (including phenoxy) is 2. The maximum Gasteiger partial charge on any atom is 0.408 e. The Hall–Kier alpha value is -4.47. The summed E-state index contributed by atoms with van der Waals surface area (Å²) in [6.07, 6.45) is 8.07. The highest BCUT2D eigenvalue weighted by Gasteiger charge is 2.63. The molecule has 16 heteroatoms. The van der Waals surface area contributed by atoms with Crippen molar-refractivity contribution in [3.8, 4) is 5.88 Å². The molecule has 0 spiro atoms. The Morgan fingerprint density at radius 3 is 2.42 bits per heavy atom. The SMILES string of the molecule is CCn1nc(O[C@@H]2C[C@H]3C(=O)N[C@]4(C(=O)NS(=O)(=O)C5(C)CC5)C[C@H]4/C=C\CC[C@H](C)C[C@@H](C)[C@H](NC(=O)O[C@@H]4C[C@@H]5C[C@@H]5C4)C(=O)N3C2)c2ccccc2c1=O. The molecule has 2 aromatic rings. The molecule has 8 rings (SSSR count). The van der Waals surface area contributed by atoms with Crippen molar-refractivity contribution in [2.45, 2.75) is 133 Å². The number of carbonyl (C=O) groups is 4. The Balaban J connectivity index is 1.12. The fourth-order valence-electron chi connectivity index (χ4n) is 9.33. The van der Waals surface area contributed by atoms with Gasteiger partial charge in [0, 0.05) is 18.9 Å². The topological polar surface area (TPSA) is 195 Å². The molecule has 1 aromatic carbocycles. The van der Waals surface area contributed by atoms with Crippen molar-refractivity contribution in [2.24, 2.45) is 29.6 Å². The summed E-state index contributed by atoms with van der Waals surface area (Å²) >= 11 is 0. The molecule has 57 heavy (non-hydrogen) atoms. The van der Waals surface area contributed by atoms with E-state index in [1.54, 1.807) is 38.1 Å². The maximum absolute atomic E-state index is 14.9. The lowest BCUT2D eigenvalue weighted by atomic mass is 9.88. The Bertz CT molecular complexity index is 2160. The molecule has 4 saturated carbocycles. The van der Waals surface area contributed by atoms with Crippen LogP contribution in [0.1, 0.15) is 91.9 Å². The number of nitrogens with zero attached hydrogens (tertiary/aromatic N) is 3. The predicted molar refractivity (Wildman–Crippen MR) is 209 cm³/mol. The number of allylic oxidation sites excluding steroid dienone is 1. The highest BCUT2D eigenvalue weighted by Crippen LogP contribution is 2.52. The third-order valence-electron chi connectivity index (χ3n) is 13.4. The van der Waals surface area contributed by atoms with Gasteiger partial charge in [-0.2, -0.15) is 0 Å². The molecular formula is C41H54N6O9S. The van der Waals surface area contributed by atoms with E-state index >= 15 is 0 Å². The van der Waals surface area contributed by atoms with E-state index in [-0.39, 0.29) is 55.3 Å². The Morgan fingerprint density at radius 2 is 1.72 bits per heavy atom. The number of sulfonamides is 1. The normalized spacial score (nSPS) is 35.0. The monoisotopic (exact) mass is 806 g/mol. The van der Waals surface area contributed by atoms with Crippen molar-refractivity contribution >= 4 is 44.6 Å². The van der Waals surface area contributed by atoms with Crippen LogP contribution in [0.25, 0.3) is 10.8 Å². The van der Waals surface area contributed by atoms with Gasteiger partial charge in [-0.1, -0.05) is 38.1 Å². The zero-order chi connectivity index (χ0) is 40.4. The maximum atomic E-state index is 14.9. The molecule has 10 atom stereocenters. The number of rotatable bonds is 8. The van der Waals surface area contributed by atoms with E-state index in [4.69, 9.17) is 9.47 Å². The molecule has 0 radical (unpaired) electrons. The second kappa shape index (κ2) is 14.7. The van der Waals surface area contributed by atoms with Crippen LogP contribution in [0.3, 0.4) is 0 Å². The van der Waals surface area contributed by atoms with Gasteiger partial charge >= 0.3 is 6.09 Å². The van der Waals surface area contributed by atoms with E-state index in [0.717, 1.165) is 25.7 Å². The van der Waals surface area contributed by atoms with E-state index in [1.807, 2.05) is 19.1 Å². The third-order valence-corrected chi connectivity index (χ3v) is 15.6. The van der Waals surface area contributed by atoms with Gasteiger partial charge < -0.3 is 25.0 Å². The molecule has 2 aliphatic heterocycles. The molecule has 0 unspecified atom stereocenters. The first-order valence-electron chi connectivity index (χ1n) is 20.6. The molecule has 1 aromatic heterocycles. The zero-order valence-electron chi connectivity index (χ0n) is 33.1. The molecule has 15 nitrogen and oxygen atoms in total. The summed E-state index contributed by atoms with van der Waals surface area (Å²) in [6, 6.07) is 4.74. The van der Waals surface area contributed by atoms with Gasteiger partial charge in [-0.3, -0.25) is 23.9 Å². The van der Waals surface area contributed by atoms with Crippen molar-refractivity contribution < 1.29 is 37.1 Å². The van der Waals surface area contributed by atoms with Crippen LogP contribution in [0, 0.1) is 29.6 Å². The molecule has 4 amide bonds. The molecule has 6 aliphatic rings. The first-order chi connectivity index (χ1) is 27.1. The van der Waals surface area contributed by atoms with E-state index in [1.165, 1.54) is 9.58 Å². The third kappa shape index (κ3) is 7.65. The first-order valence-corrected chi connectivity index (χ1v) is 22.1. The van der Waals surface area contributed by atoms with Gasteiger partial charge in [-0.25, -0.2) is 17.9 Å². The van der Waals surface area contributed by atoms with E-state index < -0.39 is 68.2 Å². The molecule has 3 N–H and O–H groups in total. The minimum Gasteiger partial charge on any atom is -0.471 e. The lowest BCUT2D eigenvalue weighted by Crippen LogP contribution is -2.59. The molecule has 3 heterocycles. The number of aromatic nitrogens is 2. The smallest absolute Gasteiger partial charge is 0.408 e. The minimum absolute atomic E-state index is 0.000206. The summed E-state index contributed by atoms with van der Waals surface area (Å²) in [5.41, 5.74) is -1.82. The molecule has 0 bridgehead atoms. The van der Waals surface area contributed by atoms with Gasteiger partial charge in [0.15, 0.2) is 0 Å². The molecule has 308 valence electrons. The zero-order valence-corrected chi connectivity index (χ0v) is 33.9. The number of alkyl carbamates (subject to hydrolysis) is 1. The van der Waals surface area contributed by atoms with Crippen LogP contribution in [0.15, 0.2) is 41.2 Å². The summed E-state index contributed by atoms with van der Waals surface area (Å²) in [5.74, 6) is -1.24. The highest BCUT2D eigenvalue weighted by molar-refractivity contribution is 7.91. The number of hydrogen-bond donors (Lipinski definition) is 3. The number of nitrogens with one attached hydrogen (secondary N) is 3. The van der Waals surface area contributed by atoms with E-state index in [9.17, 15) is 32.4 Å². The highest BCUT2D eigenvalue weighted by atomic mass is 32.2. The number of fused-ring (bicyclic) bond motifs is 4. The fourth-order valence-corrected chi connectivity index (χ4v) is 10.6. The van der Waals surface area contributed by atoms with Gasteiger partial charge in [-0.15, -0.1) is 5.10 Å². The average molecular weight is 807 g/mol. The molecule has 4 aliphatic carbocycles. The molecule has 1 saturated heterocycles. The Kier molecular flexibility index (Phi) is 10.2. The Labute approximate surface area is 332 Å². The van der Waals surface area contributed by atoms with Crippen LogP contribution in [-0.4, -0.2) is 88.0 Å². The van der Waals surface area contributed by atoms with Crippen LogP contribution in [0.2, 0.25) is 0 Å². The number of amides is 4. The van der Waals surface area contributed by atoms with Crippen molar-refractivity contribution in [2.75, 3.05) is 6.54 Å². The van der Waals surface area contributed by atoms with Gasteiger partial charge in [0.05, 0.1) is 22.1 Å². The molecular weight excluding hydrogens is 753 g/mol. The standard InChI is InChI=1S/C41H54N6O9S/c1-5-47-36(49)31-13-9-8-12-30(31)35(44-47)55-29-20-32-34(48)43-41(38(51)45-57(53,54)40(4)14-15-40)21-27(41)11-7-6-10-23(2)16-24(3)33(37(50)46(32)22-29)42-39(52)56-28-18-25-17-26(25)19-28/h7-9,11-13,23-29,32-33H,5-6,10,14-22H2,1-4H3,(H,42,52)(H,43,48)(H,45,51)/b11-7-/t23-,24+,25-,26+,27+,28+,29+,32-,33-,41+/m0/s1. The fraction of sp³-hybridized carbons (Fsp3) is 0.659. The predicted octanol–water partition coefficient (Wildman–Crippen LogP) is 3.54. The van der Waals surface area contributed by atoms with Crippen LogP contribution in [0.5, 0.6) is 5.88 Å². The lowest BCUT2D eigenvalue weighted by Gasteiger charge is -2.33. The average Bonchev–Trinajstić information content (AvgIpc) is 4.13. The summed E-state index contributed by atoms with van der Waals surface area (Å²) in [6.45, 7) is 7.61. The van der Waals surface area contributed by atoms with Gasteiger partial charge in [0.2, 0.25) is 27.7 Å². The van der Waals surface area contributed by atoms with Crippen molar-refractivity contribution in [1.29, 1.82) is 0 Å². The number of aryl methyl sites for hydroxylation is 1. The quantitative estimate of drug-likeness (QED) is 0.332. The second-order valence-electron chi connectivity index (χ2n) is 17.8. The largest absolute Gasteiger partial charge is 0.471 e. The van der Waals surface area contributed by atoms with Gasteiger partial charge in [0.1, 0.15) is 29.8 Å². The van der Waals surface area contributed by atoms with Gasteiger partial charge in [0.25, 0.3) is 11.5 Å². The van der Waals surface area contributed by atoms with Crippen LogP contribution >= 0.6 is 0 Å². The van der Waals surface area contributed by atoms with E-state index in [0.29, 0.717) is 48.3 Å². The van der Waals surface area contributed by atoms with Crippen LogP contribution in [-0.2, 0) is 35.7 Å². The number of benzene rings is 1. The minimum atomic E-state index is -4.01. The first kappa shape index (κ1) is 39.4. The number of carbonyl (C=O) groups excluding carboxylic acids is 4. The summed E-state index contributed by atoms with van der Waals surface area (Å²) in [7, 11) is -4.01. The van der Waals surface area contributed by atoms with Crippen molar-refractivity contribution in [3.63, 3.8) is 0 Å². The van der Waals surface area contributed by atoms with Crippen LogP contribution < -0.4 is 25.7 Å². The number of hydrogen-bond acceptors (Lipinski definition) is 10. The van der Waals surface area contributed by atoms with Gasteiger partial charge in [-0.05, 0) is 107 Å². The summed E-state index contributed by atoms with van der Waals surface area (Å²) in [5, 5.41) is 11.2. The van der Waals surface area contributed by atoms with Crippen molar-refractivity contribution in [1.82, 2.24) is 30.0 Å². The second-order valence-corrected chi connectivity index (χ2v) is 20.0. The lowest BCUT2D eigenvalue weighted by molar-refractivity contribution is -0.142. The Morgan fingerprint density at radius 1 is 1.00 bits per heavy atom. The van der Waals surface area contributed by atoms with Crippen LogP contribution in [0.4, 0.5) is 4.79 Å². The molecule has 5 fully saturated rings. The van der Waals surface area contributed by atoms with Crippen molar-refractivity contribution in [3.05, 3.63) is 46.8 Å². The summed E-state index contributed by atoms with van der Waals surface area (Å²) < 4.78 is 41.3. The summed E-state index contributed by atoms with van der Waals surface area (Å²) in [4.78, 5) is 71.4. The van der Waals surface area contributed by atoms with E-state index in [2.05, 4.69) is 27.4 Å².